The Kier molecular flexibility index (Phi) is 1.62. The molecular weight excluding hydrogens is 186 g/mol. The molecule has 3 rings (SSSR count). The lowest BCUT2D eigenvalue weighted by atomic mass is 10.1. The molecule has 1 aromatic heterocycles. The van der Waals surface area contributed by atoms with Crippen LogP contribution >= 0.6 is 0 Å². The number of aromatic nitrogens is 1. The highest BCUT2D eigenvalue weighted by atomic mass is 16.1. The Balaban J connectivity index is 2.44. The van der Waals surface area contributed by atoms with Crippen molar-refractivity contribution >= 4 is 28.0 Å². The first-order valence-electron chi connectivity index (χ1n) is 4.83. The van der Waals surface area contributed by atoms with Crippen LogP contribution < -0.4 is 0 Å². The van der Waals surface area contributed by atoms with Gasteiger partial charge in [0.1, 0.15) is 0 Å². The molecule has 0 atom stereocenters. The van der Waals surface area contributed by atoms with Crippen molar-refractivity contribution in [2.45, 2.75) is 0 Å². The summed E-state index contributed by atoms with van der Waals surface area (Å²) in [7, 11) is 0. The van der Waals surface area contributed by atoms with E-state index in [-0.39, 0.29) is 0 Å². The molecule has 0 unspecified atom stereocenters. The van der Waals surface area contributed by atoms with Crippen LogP contribution in [0.1, 0.15) is 10.5 Å². The predicted octanol–water partition coefficient (Wildman–Crippen LogP) is 3.13. The van der Waals surface area contributed by atoms with Gasteiger partial charge in [0, 0.05) is 10.9 Å². The fourth-order valence-corrected chi connectivity index (χ4v) is 1.91. The van der Waals surface area contributed by atoms with Gasteiger partial charge in [-0.05, 0) is 29.0 Å². The summed E-state index contributed by atoms with van der Waals surface area (Å²) < 4.78 is 0. The van der Waals surface area contributed by atoms with Gasteiger partial charge in [0.15, 0.2) is 6.29 Å². The van der Waals surface area contributed by atoms with Crippen molar-refractivity contribution < 1.29 is 4.79 Å². The largest absolute Gasteiger partial charge is 0.352 e. The van der Waals surface area contributed by atoms with E-state index in [9.17, 15) is 4.79 Å². The van der Waals surface area contributed by atoms with Gasteiger partial charge in [-0.1, -0.05) is 24.3 Å². The van der Waals surface area contributed by atoms with Crippen LogP contribution in [0.15, 0.2) is 42.5 Å². The van der Waals surface area contributed by atoms with Gasteiger partial charge in [0.25, 0.3) is 0 Å². The zero-order valence-electron chi connectivity index (χ0n) is 8.03. The summed E-state index contributed by atoms with van der Waals surface area (Å²) in [5.74, 6) is 0. The molecule has 0 aliphatic rings. The monoisotopic (exact) mass is 195 g/mol. The van der Waals surface area contributed by atoms with Crippen LogP contribution in [0, 0.1) is 0 Å². The highest BCUT2D eigenvalue weighted by molar-refractivity contribution is 5.99. The number of aromatic amines is 1. The van der Waals surface area contributed by atoms with Gasteiger partial charge in [-0.3, -0.25) is 4.79 Å². The van der Waals surface area contributed by atoms with Crippen LogP contribution in [-0.4, -0.2) is 11.3 Å². The standard InChI is InChI=1S/C13H9NO/c15-8-12-6-11-5-9-3-1-2-4-10(9)7-13(11)14-12/h1-8,14H. The fraction of sp³-hybridized carbons (Fsp3) is 0. The molecule has 0 amide bonds. The van der Waals surface area contributed by atoms with Gasteiger partial charge in [0.05, 0.1) is 5.69 Å². The van der Waals surface area contributed by atoms with Crippen LogP contribution in [0.3, 0.4) is 0 Å². The van der Waals surface area contributed by atoms with Gasteiger partial charge >= 0.3 is 0 Å². The molecule has 1 heterocycles. The number of hydrogen-bond acceptors (Lipinski definition) is 1. The summed E-state index contributed by atoms with van der Waals surface area (Å²) in [6.07, 6.45) is 0.838. The summed E-state index contributed by atoms with van der Waals surface area (Å²) in [6, 6.07) is 14.2. The van der Waals surface area contributed by atoms with Crippen LogP contribution in [0.25, 0.3) is 21.7 Å². The predicted molar refractivity (Wildman–Crippen MR) is 61.2 cm³/mol. The van der Waals surface area contributed by atoms with E-state index in [1.165, 1.54) is 10.8 Å². The molecule has 72 valence electrons. The molecule has 0 saturated carbocycles. The van der Waals surface area contributed by atoms with Crippen molar-refractivity contribution in [3.63, 3.8) is 0 Å². The lowest BCUT2D eigenvalue weighted by molar-refractivity contribution is 0.112. The van der Waals surface area contributed by atoms with Gasteiger partial charge in [-0.2, -0.15) is 0 Å². The molecule has 0 radical (unpaired) electrons. The number of hydrogen-bond donors (Lipinski definition) is 1. The molecule has 1 N–H and O–H groups in total. The summed E-state index contributed by atoms with van der Waals surface area (Å²) in [6.45, 7) is 0. The van der Waals surface area contributed by atoms with E-state index in [0.717, 1.165) is 17.2 Å². The third-order valence-electron chi connectivity index (χ3n) is 2.63. The lowest BCUT2D eigenvalue weighted by Gasteiger charge is -1.96. The number of H-pyrrole nitrogens is 1. The van der Waals surface area contributed by atoms with Crippen molar-refractivity contribution in [1.82, 2.24) is 4.98 Å². The van der Waals surface area contributed by atoms with Crippen LogP contribution in [0.5, 0.6) is 0 Å². The molecule has 2 aromatic carbocycles. The van der Waals surface area contributed by atoms with Crippen LogP contribution in [0.4, 0.5) is 0 Å². The van der Waals surface area contributed by atoms with Gasteiger partial charge in [-0.25, -0.2) is 0 Å². The Morgan fingerprint density at radius 2 is 1.67 bits per heavy atom. The van der Waals surface area contributed by atoms with Crippen molar-refractivity contribution in [3.8, 4) is 0 Å². The van der Waals surface area contributed by atoms with Gasteiger partial charge in [0.2, 0.25) is 0 Å². The normalized spacial score (nSPS) is 10.9. The molecule has 0 aliphatic heterocycles. The molecule has 15 heavy (non-hydrogen) atoms. The smallest absolute Gasteiger partial charge is 0.166 e. The second kappa shape index (κ2) is 2.95. The van der Waals surface area contributed by atoms with Gasteiger partial charge < -0.3 is 4.98 Å². The minimum atomic E-state index is 0.625. The van der Waals surface area contributed by atoms with E-state index < -0.39 is 0 Å². The number of fused-ring (bicyclic) bond motifs is 2. The maximum atomic E-state index is 10.6. The lowest BCUT2D eigenvalue weighted by Crippen LogP contribution is -1.75. The molecule has 0 bridgehead atoms. The third kappa shape index (κ3) is 1.22. The Morgan fingerprint density at radius 3 is 2.40 bits per heavy atom. The minimum Gasteiger partial charge on any atom is -0.352 e. The first-order chi connectivity index (χ1) is 7.36. The zero-order valence-corrected chi connectivity index (χ0v) is 8.03. The number of aldehydes is 1. The van der Waals surface area contributed by atoms with Crippen molar-refractivity contribution in [2.75, 3.05) is 0 Å². The summed E-state index contributed by atoms with van der Waals surface area (Å²) in [5.41, 5.74) is 1.64. The highest BCUT2D eigenvalue weighted by Gasteiger charge is 2.01. The number of benzene rings is 2. The first-order valence-corrected chi connectivity index (χ1v) is 4.83. The van der Waals surface area contributed by atoms with Gasteiger partial charge in [-0.15, -0.1) is 0 Å². The molecule has 0 saturated heterocycles. The van der Waals surface area contributed by atoms with E-state index in [4.69, 9.17) is 0 Å². The maximum absolute atomic E-state index is 10.6. The number of nitrogens with one attached hydrogen (secondary N) is 1. The average molecular weight is 195 g/mol. The second-order valence-electron chi connectivity index (χ2n) is 3.63. The Morgan fingerprint density at radius 1 is 0.933 bits per heavy atom. The topological polar surface area (TPSA) is 32.9 Å². The van der Waals surface area contributed by atoms with Crippen molar-refractivity contribution in [2.24, 2.45) is 0 Å². The molecule has 3 aromatic rings. The number of carbonyl (C=O) groups is 1. The van der Waals surface area contributed by atoms with Crippen LogP contribution in [0.2, 0.25) is 0 Å². The van der Waals surface area contributed by atoms with E-state index >= 15 is 0 Å². The number of carbonyl (C=O) groups excluding carboxylic acids is 1. The average Bonchev–Trinajstić information content (AvgIpc) is 2.67. The van der Waals surface area contributed by atoms with Crippen LogP contribution in [-0.2, 0) is 0 Å². The van der Waals surface area contributed by atoms with E-state index in [1.54, 1.807) is 0 Å². The third-order valence-corrected chi connectivity index (χ3v) is 2.63. The summed E-state index contributed by atoms with van der Waals surface area (Å²) >= 11 is 0. The van der Waals surface area contributed by atoms with E-state index in [1.807, 2.05) is 18.2 Å². The fourth-order valence-electron chi connectivity index (χ4n) is 1.91. The van der Waals surface area contributed by atoms with E-state index in [0.29, 0.717) is 5.69 Å². The molecule has 0 spiro atoms. The summed E-state index contributed by atoms with van der Waals surface area (Å²) in [5, 5.41) is 3.46. The molecule has 0 fully saturated rings. The Hall–Kier alpha value is -2.09. The maximum Gasteiger partial charge on any atom is 0.166 e. The quantitative estimate of drug-likeness (QED) is 0.594. The SMILES string of the molecule is O=Cc1cc2cc3ccccc3cc2[nH]1. The molecule has 2 nitrogen and oxygen atoms in total. The van der Waals surface area contributed by atoms with Crippen molar-refractivity contribution in [1.29, 1.82) is 0 Å². The first kappa shape index (κ1) is 8.24. The molecule has 2 heteroatoms. The second-order valence-corrected chi connectivity index (χ2v) is 3.63. The zero-order chi connectivity index (χ0) is 10.3. The van der Waals surface area contributed by atoms with Crippen molar-refractivity contribution in [3.05, 3.63) is 48.2 Å². The number of rotatable bonds is 1. The summed E-state index contributed by atoms with van der Waals surface area (Å²) in [4.78, 5) is 13.7. The molecule has 0 aliphatic carbocycles. The molecular formula is C13H9NO. The van der Waals surface area contributed by atoms with E-state index in [2.05, 4.69) is 29.2 Å². The Labute approximate surface area is 86.5 Å². The minimum absolute atomic E-state index is 0.625. The highest BCUT2D eigenvalue weighted by Crippen LogP contribution is 2.22. The Bertz CT molecular complexity index is 599.